The minimum atomic E-state index is 0.663. The third-order valence-electron chi connectivity index (χ3n) is 3.80. The van der Waals surface area contributed by atoms with Gasteiger partial charge in [0.05, 0.1) is 18.6 Å². The Morgan fingerprint density at radius 3 is 2.95 bits per heavy atom. The Morgan fingerprint density at radius 1 is 1.27 bits per heavy atom. The van der Waals surface area contributed by atoms with Crippen molar-refractivity contribution in [2.24, 2.45) is 0 Å². The normalized spacial score (nSPS) is 16.2. The second-order valence-corrected chi connectivity index (χ2v) is 5.60. The Balaban J connectivity index is 1.48. The van der Waals surface area contributed by atoms with Crippen LogP contribution in [0.2, 0.25) is 0 Å². The van der Waals surface area contributed by atoms with Crippen LogP contribution in [0.3, 0.4) is 0 Å². The van der Waals surface area contributed by atoms with Gasteiger partial charge >= 0.3 is 0 Å². The molecule has 7 heteroatoms. The summed E-state index contributed by atoms with van der Waals surface area (Å²) in [5.74, 6) is 0.663. The van der Waals surface area contributed by atoms with Gasteiger partial charge in [0.15, 0.2) is 5.65 Å². The third kappa shape index (κ3) is 3.92. The van der Waals surface area contributed by atoms with Crippen LogP contribution in [0.1, 0.15) is 19.8 Å². The van der Waals surface area contributed by atoms with Gasteiger partial charge in [-0.2, -0.15) is 10.1 Å². The van der Waals surface area contributed by atoms with Crippen LogP contribution >= 0.6 is 0 Å². The summed E-state index contributed by atoms with van der Waals surface area (Å²) >= 11 is 0. The highest BCUT2D eigenvalue weighted by Crippen LogP contribution is 2.11. The van der Waals surface area contributed by atoms with Crippen molar-refractivity contribution >= 4 is 17.0 Å². The van der Waals surface area contributed by atoms with Crippen LogP contribution in [0.4, 0.5) is 5.95 Å². The number of nitrogens with zero attached hydrogens (tertiary/aromatic N) is 5. The SMILES string of the molecule is CCCn1cc2cnc(NCCCN3CCOCC3)nc2n1. The molecule has 2 aromatic rings. The molecule has 7 nitrogen and oxygen atoms in total. The monoisotopic (exact) mass is 304 g/mol. The molecule has 3 heterocycles. The number of rotatable bonds is 7. The third-order valence-corrected chi connectivity index (χ3v) is 3.80. The number of hydrogen-bond acceptors (Lipinski definition) is 6. The van der Waals surface area contributed by atoms with Crippen molar-refractivity contribution < 1.29 is 4.74 Å². The van der Waals surface area contributed by atoms with Gasteiger partial charge in [0.25, 0.3) is 0 Å². The summed E-state index contributed by atoms with van der Waals surface area (Å²) in [6.45, 7) is 8.80. The first-order valence-electron chi connectivity index (χ1n) is 8.09. The van der Waals surface area contributed by atoms with E-state index in [1.807, 2.05) is 17.1 Å². The number of aryl methyl sites for hydroxylation is 1. The highest BCUT2D eigenvalue weighted by Gasteiger charge is 2.09. The van der Waals surface area contributed by atoms with Crippen molar-refractivity contribution in [3.05, 3.63) is 12.4 Å². The molecule has 0 bridgehead atoms. The fourth-order valence-electron chi connectivity index (χ4n) is 2.62. The van der Waals surface area contributed by atoms with Crippen molar-refractivity contribution in [3.8, 4) is 0 Å². The number of ether oxygens (including phenoxy) is 1. The zero-order valence-electron chi connectivity index (χ0n) is 13.2. The van der Waals surface area contributed by atoms with Crippen LogP contribution in [0.5, 0.6) is 0 Å². The maximum absolute atomic E-state index is 5.35. The highest BCUT2D eigenvalue weighted by atomic mass is 16.5. The molecule has 0 unspecified atom stereocenters. The minimum absolute atomic E-state index is 0.663. The summed E-state index contributed by atoms with van der Waals surface area (Å²) in [7, 11) is 0. The Morgan fingerprint density at radius 2 is 2.14 bits per heavy atom. The lowest BCUT2D eigenvalue weighted by molar-refractivity contribution is 0.0378. The molecule has 0 spiro atoms. The molecule has 0 aliphatic carbocycles. The van der Waals surface area contributed by atoms with E-state index in [-0.39, 0.29) is 0 Å². The first-order valence-corrected chi connectivity index (χ1v) is 8.09. The van der Waals surface area contributed by atoms with Crippen LogP contribution in [0.25, 0.3) is 11.0 Å². The van der Waals surface area contributed by atoms with Gasteiger partial charge in [-0.1, -0.05) is 6.92 Å². The van der Waals surface area contributed by atoms with E-state index in [4.69, 9.17) is 4.74 Å². The van der Waals surface area contributed by atoms with E-state index in [1.54, 1.807) is 0 Å². The van der Waals surface area contributed by atoms with E-state index < -0.39 is 0 Å². The number of nitrogens with one attached hydrogen (secondary N) is 1. The van der Waals surface area contributed by atoms with E-state index in [9.17, 15) is 0 Å². The summed E-state index contributed by atoms with van der Waals surface area (Å²) in [4.78, 5) is 11.3. The first kappa shape index (κ1) is 15.2. The van der Waals surface area contributed by atoms with Crippen molar-refractivity contribution in [3.63, 3.8) is 0 Å². The second-order valence-electron chi connectivity index (χ2n) is 5.60. The van der Waals surface area contributed by atoms with E-state index >= 15 is 0 Å². The Labute approximate surface area is 130 Å². The second kappa shape index (κ2) is 7.51. The van der Waals surface area contributed by atoms with Crippen molar-refractivity contribution in [1.29, 1.82) is 0 Å². The molecule has 1 fully saturated rings. The topological polar surface area (TPSA) is 68.1 Å². The first-order chi connectivity index (χ1) is 10.8. The lowest BCUT2D eigenvalue weighted by atomic mass is 10.3. The van der Waals surface area contributed by atoms with Gasteiger partial charge in [-0.05, 0) is 19.4 Å². The molecule has 0 atom stereocenters. The maximum Gasteiger partial charge on any atom is 0.224 e. The molecule has 0 radical (unpaired) electrons. The maximum atomic E-state index is 5.35. The average Bonchev–Trinajstić information content (AvgIpc) is 2.94. The zero-order valence-corrected chi connectivity index (χ0v) is 13.2. The molecule has 0 aromatic carbocycles. The van der Waals surface area contributed by atoms with Gasteiger partial charge in [-0.3, -0.25) is 9.58 Å². The Hall–Kier alpha value is -1.73. The fraction of sp³-hybridized carbons (Fsp3) is 0.667. The summed E-state index contributed by atoms with van der Waals surface area (Å²) < 4.78 is 7.28. The van der Waals surface area contributed by atoms with Gasteiger partial charge in [-0.25, -0.2) is 4.98 Å². The number of fused-ring (bicyclic) bond motifs is 1. The molecule has 3 rings (SSSR count). The molecule has 1 saturated heterocycles. The smallest absolute Gasteiger partial charge is 0.224 e. The summed E-state index contributed by atoms with van der Waals surface area (Å²) in [5, 5.41) is 8.75. The molecule has 1 aliphatic heterocycles. The van der Waals surface area contributed by atoms with Crippen LogP contribution in [0.15, 0.2) is 12.4 Å². The predicted molar refractivity (Wildman–Crippen MR) is 86.0 cm³/mol. The predicted octanol–water partition coefficient (Wildman–Crippen LogP) is 1.37. The fourth-order valence-corrected chi connectivity index (χ4v) is 2.62. The molecule has 120 valence electrons. The number of hydrogen-bond donors (Lipinski definition) is 1. The molecular formula is C15H24N6O. The molecule has 0 amide bonds. The summed E-state index contributed by atoms with van der Waals surface area (Å²) in [5.41, 5.74) is 0.763. The van der Waals surface area contributed by atoms with Gasteiger partial charge in [0, 0.05) is 38.6 Å². The van der Waals surface area contributed by atoms with Crippen LogP contribution in [-0.4, -0.2) is 64.0 Å². The molecule has 22 heavy (non-hydrogen) atoms. The zero-order chi connectivity index (χ0) is 15.2. The Kier molecular flexibility index (Phi) is 5.18. The number of anilines is 1. The largest absolute Gasteiger partial charge is 0.379 e. The van der Waals surface area contributed by atoms with E-state index in [0.29, 0.717) is 5.95 Å². The number of morpholine rings is 1. The molecular weight excluding hydrogens is 280 g/mol. The van der Waals surface area contributed by atoms with Crippen molar-refractivity contribution in [1.82, 2.24) is 24.6 Å². The van der Waals surface area contributed by atoms with Crippen LogP contribution < -0.4 is 5.32 Å². The Bertz CT molecular complexity index is 593. The van der Waals surface area contributed by atoms with Gasteiger partial charge < -0.3 is 10.1 Å². The van der Waals surface area contributed by atoms with Gasteiger partial charge in [0.1, 0.15) is 0 Å². The van der Waals surface area contributed by atoms with Crippen LogP contribution in [0, 0.1) is 0 Å². The minimum Gasteiger partial charge on any atom is -0.379 e. The lowest BCUT2D eigenvalue weighted by Crippen LogP contribution is -2.37. The lowest BCUT2D eigenvalue weighted by Gasteiger charge is -2.26. The average molecular weight is 304 g/mol. The van der Waals surface area contributed by atoms with Crippen LogP contribution in [-0.2, 0) is 11.3 Å². The number of aromatic nitrogens is 4. The quantitative estimate of drug-likeness (QED) is 0.779. The highest BCUT2D eigenvalue weighted by molar-refractivity contribution is 5.73. The van der Waals surface area contributed by atoms with Crippen molar-refractivity contribution in [2.45, 2.75) is 26.3 Å². The molecule has 1 aliphatic rings. The standard InChI is InChI=1S/C15H24N6O/c1-2-5-21-12-13-11-17-15(18-14(13)19-21)16-4-3-6-20-7-9-22-10-8-20/h11-12H,2-10H2,1H3,(H,16,18,19). The van der Waals surface area contributed by atoms with Gasteiger partial charge in [0.2, 0.25) is 5.95 Å². The molecule has 1 N–H and O–H groups in total. The molecule has 0 saturated carbocycles. The summed E-state index contributed by atoms with van der Waals surface area (Å²) in [6, 6.07) is 0. The van der Waals surface area contributed by atoms with E-state index in [2.05, 4.69) is 32.2 Å². The van der Waals surface area contributed by atoms with Gasteiger partial charge in [-0.15, -0.1) is 0 Å². The van der Waals surface area contributed by atoms with E-state index in [1.165, 1.54) is 0 Å². The summed E-state index contributed by atoms with van der Waals surface area (Å²) in [6.07, 6.45) is 5.98. The van der Waals surface area contributed by atoms with E-state index in [0.717, 1.165) is 69.8 Å². The molecule has 2 aromatic heterocycles. The van der Waals surface area contributed by atoms with Crippen molar-refractivity contribution in [2.75, 3.05) is 44.7 Å².